The Hall–Kier alpha value is -2.03. The van der Waals surface area contributed by atoms with Crippen LogP contribution in [0.1, 0.15) is 44.9 Å². The summed E-state index contributed by atoms with van der Waals surface area (Å²) in [6.45, 7) is 2.69. The highest BCUT2D eigenvalue weighted by molar-refractivity contribution is 5.83. The van der Waals surface area contributed by atoms with Crippen molar-refractivity contribution in [1.29, 1.82) is 0 Å². The van der Waals surface area contributed by atoms with E-state index in [2.05, 4.69) is 5.32 Å². The summed E-state index contributed by atoms with van der Waals surface area (Å²) in [4.78, 5) is 42.3. The lowest BCUT2D eigenvalue weighted by Crippen LogP contribution is -2.61. The SMILES string of the molecule is O=C(O)N1CCN(C(=O)N2CCC[C@H](NC(=O)C34CC5CC(C3)C(O)C(C5)C4)C2)CC1. The summed E-state index contributed by atoms with van der Waals surface area (Å²) >= 11 is 0. The third-order valence-corrected chi connectivity index (χ3v) is 8.55. The number of nitrogens with zero attached hydrogens (tertiary/aromatic N) is 3. The first-order valence-corrected chi connectivity index (χ1v) is 11.9. The van der Waals surface area contributed by atoms with E-state index in [1.54, 1.807) is 4.90 Å². The molecule has 172 valence electrons. The lowest BCUT2D eigenvalue weighted by atomic mass is 9.48. The van der Waals surface area contributed by atoms with Crippen molar-refractivity contribution < 1.29 is 24.6 Å². The second kappa shape index (κ2) is 7.83. The van der Waals surface area contributed by atoms with Crippen LogP contribution in [0.3, 0.4) is 0 Å². The van der Waals surface area contributed by atoms with E-state index in [0.29, 0.717) is 45.2 Å². The van der Waals surface area contributed by atoms with Gasteiger partial charge in [0.05, 0.1) is 11.5 Å². The number of amides is 4. The Bertz CT molecular complexity index is 736. The van der Waals surface area contributed by atoms with E-state index < -0.39 is 6.09 Å². The zero-order valence-electron chi connectivity index (χ0n) is 18.0. The molecular weight excluding hydrogens is 400 g/mol. The number of rotatable bonds is 2. The number of aliphatic hydroxyl groups is 1. The molecule has 3 atom stereocenters. The summed E-state index contributed by atoms with van der Waals surface area (Å²) in [6.07, 6.45) is 5.23. The maximum Gasteiger partial charge on any atom is 0.407 e. The van der Waals surface area contributed by atoms with Gasteiger partial charge in [-0.25, -0.2) is 9.59 Å². The standard InChI is InChI=1S/C22H34N4O5/c27-18-15-8-14-9-16(18)12-22(10-14,11-15)19(28)23-17-2-1-3-26(13-17)20(29)24-4-6-25(7-5-24)21(30)31/h14-18,27H,1-13H2,(H,23,28)(H,30,31)/t14?,15?,16?,17-,18?,22?/m0/s1. The van der Waals surface area contributed by atoms with Gasteiger partial charge in [-0.3, -0.25) is 4.79 Å². The van der Waals surface area contributed by atoms with Crippen molar-refractivity contribution in [3.05, 3.63) is 0 Å². The van der Waals surface area contributed by atoms with Crippen LogP contribution in [0.4, 0.5) is 9.59 Å². The number of aliphatic hydroxyl groups excluding tert-OH is 1. The molecule has 2 saturated heterocycles. The number of carbonyl (C=O) groups is 3. The Morgan fingerprint density at radius 2 is 1.52 bits per heavy atom. The number of hydrogen-bond donors (Lipinski definition) is 3. The Morgan fingerprint density at radius 3 is 2.16 bits per heavy atom. The van der Waals surface area contributed by atoms with Crippen LogP contribution >= 0.6 is 0 Å². The number of nitrogens with one attached hydrogen (secondary N) is 1. The minimum Gasteiger partial charge on any atom is -0.465 e. The lowest BCUT2D eigenvalue weighted by Gasteiger charge is -2.58. The van der Waals surface area contributed by atoms with Gasteiger partial charge < -0.3 is 30.2 Å². The first-order valence-electron chi connectivity index (χ1n) is 11.9. The molecule has 31 heavy (non-hydrogen) atoms. The van der Waals surface area contributed by atoms with Crippen molar-refractivity contribution >= 4 is 18.0 Å². The normalized spacial score (nSPS) is 39.5. The topological polar surface area (TPSA) is 113 Å². The van der Waals surface area contributed by atoms with Crippen molar-refractivity contribution in [2.45, 2.75) is 57.1 Å². The van der Waals surface area contributed by atoms with Gasteiger partial charge in [-0.2, -0.15) is 0 Å². The van der Waals surface area contributed by atoms with Crippen LogP contribution in [0.25, 0.3) is 0 Å². The molecule has 2 unspecified atom stereocenters. The number of piperazine rings is 1. The molecule has 3 N–H and O–H groups in total. The fraction of sp³-hybridized carbons (Fsp3) is 0.864. The quantitative estimate of drug-likeness (QED) is 0.604. The average Bonchev–Trinajstić information content (AvgIpc) is 2.76. The molecule has 4 bridgehead atoms. The van der Waals surface area contributed by atoms with Crippen molar-refractivity contribution in [2.24, 2.45) is 23.2 Å². The van der Waals surface area contributed by atoms with Crippen LogP contribution in [0.5, 0.6) is 0 Å². The molecule has 0 aromatic heterocycles. The van der Waals surface area contributed by atoms with Crippen LogP contribution in [0.2, 0.25) is 0 Å². The van der Waals surface area contributed by atoms with E-state index in [-0.39, 0.29) is 41.3 Å². The van der Waals surface area contributed by atoms with Crippen molar-refractivity contribution in [1.82, 2.24) is 20.0 Å². The summed E-state index contributed by atoms with van der Waals surface area (Å²) in [5.74, 6) is 1.24. The van der Waals surface area contributed by atoms with Gasteiger partial charge in [-0.15, -0.1) is 0 Å². The minimum absolute atomic E-state index is 0.0385. The second-order valence-corrected chi connectivity index (χ2v) is 10.5. The molecule has 0 spiro atoms. The predicted molar refractivity (Wildman–Crippen MR) is 111 cm³/mol. The van der Waals surface area contributed by atoms with Gasteiger partial charge in [0.2, 0.25) is 5.91 Å². The fourth-order valence-corrected chi connectivity index (χ4v) is 7.17. The van der Waals surface area contributed by atoms with Gasteiger partial charge in [0.25, 0.3) is 0 Å². The molecule has 2 heterocycles. The van der Waals surface area contributed by atoms with Crippen LogP contribution in [-0.2, 0) is 4.79 Å². The molecule has 0 aromatic rings. The van der Waals surface area contributed by atoms with E-state index in [1.165, 1.54) is 4.90 Å². The largest absolute Gasteiger partial charge is 0.465 e. The number of piperidine rings is 1. The fourth-order valence-electron chi connectivity index (χ4n) is 7.17. The number of carboxylic acid groups (broad SMARTS) is 1. The van der Waals surface area contributed by atoms with Crippen molar-refractivity contribution in [3.63, 3.8) is 0 Å². The lowest BCUT2D eigenvalue weighted by molar-refractivity contribution is -0.163. The number of carbonyl (C=O) groups excluding carboxylic acids is 2. The summed E-state index contributed by atoms with van der Waals surface area (Å²) in [5, 5.41) is 22.9. The van der Waals surface area contributed by atoms with Crippen LogP contribution in [0.15, 0.2) is 0 Å². The molecule has 2 aliphatic heterocycles. The minimum atomic E-state index is -0.940. The molecule has 9 nitrogen and oxygen atoms in total. The third-order valence-electron chi connectivity index (χ3n) is 8.55. The van der Waals surface area contributed by atoms with Crippen molar-refractivity contribution in [2.75, 3.05) is 39.3 Å². The molecule has 6 fully saturated rings. The zero-order chi connectivity index (χ0) is 21.8. The number of urea groups is 1. The summed E-state index contributed by atoms with van der Waals surface area (Å²) in [6, 6.07) is -0.0923. The van der Waals surface area contributed by atoms with Crippen LogP contribution in [-0.4, -0.2) is 94.4 Å². The Morgan fingerprint density at radius 1 is 0.871 bits per heavy atom. The van der Waals surface area contributed by atoms with Crippen LogP contribution in [0, 0.1) is 23.2 Å². The Labute approximate surface area is 182 Å². The molecule has 4 amide bonds. The highest BCUT2D eigenvalue weighted by Gasteiger charge is 2.58. The molecule has 4 aliphatic carbocycles. The first kappa shape index (κ1) is 20.8. The predicted octanol–water partition coefficient (Wildman–Crippen LogP) is 1.17. The van der Waals surface area contributed by atoms with Gasteiger partial charge in [0.1, 0.15) is 0 Å². The number of likely N-dealkylation sites (tertiary alicyclic amines) is 1. The molecule has 6 aliphatic rings. The van der Waals surface area contributed by atoms with E-state index in [9.17, 15) is 19.5 Å². The zero-order valence-corrected chi connectivity index (χ0v) is 18.0. The van der Waals surface area contributed by atoms with Gasteiger partial charge in [-0.05, 0) is 62.7 Å². The Kier molecular flexibility index (Phi) is 5.27. The maximum absolute atomic E-state index is 13.4. The highest BCUT2D eigenvalue weighted by atomic mass is 16.4. The summed E-state index contributed by atoms with van der Waals surface area (Å²) < 4.78 is 0. The van der Waals surface area contributed by atoms with Gasteiger partial charge in [0.15, 0.2) is 0 Å². The molecule has 0 radical (unpaired) electrons. The van der Waals surface area contributed by atoms with Crippen LogP contribution < -0.4 is 5.32 Å². The second-order valence-electron chi connectivity index (χ2n) is 10.5. The maximum atomic E-state index is 13.4. The molecular formula is C22H34N4O5. The third kappa shape index (κ3) is 3.75. The van der Waals surface area contributed by atoms with Gasteiger partial charge >= 0.3 is 12.1 Å². The van der Waals surface area contributed by atoms with E-state index in [4.69, 9.17) is 5.11 Å². The monoisotopic (exact) mass is 434 g/mol. The summed E-state index contributed by atoms with van der Waals surface area (Å²) in [7, 11) is 0. The van der Waals surface area contributed by atoms with Gasteiger partial charge in [-0.1, -0.05) is 0 Å². The molecule has 0 aromatic carbocycles. The smallest absolute Gasteiger partial charge is 0.407 e. The average molecular weight is 435 g/mol. The number of hydrogen-bond acceptors (Lipinski definition) is 4. The molecule has 9 heteroatoms. The Balaban J connectivity index is 1.17. The van der Waals surface area contributed by atoms with E-state index >= 15 is 0 Å². The molecule has 4 saturated carbocycles. The first-order chi connectivity index (χ1) is 14.8. The van der Waals surface area contributed by atoms with Gasteiger partial charge in [0, 0.05) is 45.3 Å². The van der Waals surface area contributed by atoms with E-state index in [1.807, 2.05) is 4.90 Å². The highest BCUT2D eigenvalue weighted by Crippen LogP contribution is 2.60. The van der Waals surface area contributed by atoms with Crippen molar-refractivity contribution in [3.8, 4) is 0 Å². The molecule has 6 rings (SSSR count). The van der Waals surface area contributed by atoms with E-state index in [0.717, 1.165) is 44.9 Å². The summed E-state index contributed by atoms with van der Waals surface area (Å²) in [5.41, 5.74) is -0.324.